The van der Waals surface area contributed by atoms with Crippen molar-refractivity contribution in [1.29, 1.82) is 0 Å². The minimum atomic E-state index is -4.11. The summed E-state index contributed by atoms with van der Waals surface area (Å²) in [6.45, 7) is 2.25. The molecule has 0 aliphatic carbocycles. The number of aryl methyl sites for hydroxylation is 1. The molecule has 4 rings (SSSR count). The van der Waals surface area contributed by atoms with Gasteiger partial charge >= 0.3 is 0 Å². The molecule has 0 saturated carbocycles. The van der Waals surface area contributed by atoms with Crippen molar-refractivity contribution in [3.05, 3.63) is 65.4 Å². The van der Waals surface area contributed by atoms with E-state index in [-0.39, 0.29) is 32.1 Å². The third-order valence-electron chi connectivity index (χ3n) is 5.15. The number of hydrogen-bond donors (Lipinski definition) is 1. The first-order valence-corrected chi connectivity index (χ1v) is 10.5. The van der Waals surface area contributed by atoms with Gasteiger partial charge in [0.1, 0.15) is 16.5 Å². The average Bonchev–Trinajstić information content (AvgIpc) is 3.03. The Bertz CT molecular complexity index is 1200. The maximum Gasteiger partial charge on any atom is 0.256 e. The number of para-hydroxylation sites is 1. The van der Waals surface area contributed by atoms with Crippen LogP contribution in [0.4, 0.5) is 8.78 Å². The number of benzene rings is 2. The van der Waals surface area contributed by atoms with E-state index in [9.17, 15) is 22.0 Å². The Balaban J connectivity index is 1.53. The number of rotatable bonds is 3. The van der Waals surface area contributed by atoms with E-state index in [0.717, 1.165) is 33.0 Å². The Morgan fingerprint density at radius 1 is 1.03 bits per heavy atom. The summed E-state index contributed by atoms with van der Waals surface area (Å²) < 4.78 is 53.6. The van der Waals surface area contributed by atoms with Crippen molar-refractivity contribution in [3.63, 3.8) is 0 Å². The molecular weight excluding hydrogens is 400 g/mol. The van der Waals surface area contributed by atoms with E-state index in [1.807, 2.05) is 31.2 Å². The number of aromatic amines is 1. The Morgan fingerprint density at radius 3 is 2.41 bits per heavy atom. The summed E-state index contributed by atoms with van der Waals surface area (Å²) in [5.74, 6) is -2.14. The van der Waals surface area contributed by atoms with Crippen molar-refractivity contribution in [2.75, 3.05) is 26.2 Å². The predicted octanol–water partition coefficient (Wildman–Crippen LogP) is 2.90. The van der Waals surface area contributed by atoms with Gasteiger partial charge in [0, 0.05) is 48.8 Å². The number of nitrogens with zero attached hydrogens (tertiary/aromatic N) is 2. The zero-order valence-corrected chi connectivity index (χ0v) is 16.5. The lowest BCUT2D eigenvalue weighted by Crippen LogP contribution is -2.50. The van der Waals surface area contributed by atoms with Gasteiger partial charge in [-0.15, -0.1) is 0 Å². The molecule has 152 valence electrons. The molecule has 0 bridgehead atoms. The van der Waals surface area contributed by atoms with Gasteiger partial charge in [0.25, 0.3) is 5.91 Å². The highest BCUT2D eigenvalue weighted by atomic mass is 32.2. The monoisotopic (exact) mass is 419 g/mol. The molecule has 2 heterocycles. The normalized spacial score (nSPS) is 15.8. The molecule has 1 fully saturated rings. The molecule has 0 radical (unpaired) electrons. The molecule has 9 heteroatoms. The van der Waals surface area contributed by atoms with Gasteiger partial charge in [0.2, 0.25) is 10.0 Å². The van der Waals surface area contributed by atoms with Crippen LogP contribution in [0.1, 0.15) is 16.1 Å². The number of H-pyrrole nitrogens is 1. The number of halogens is 2. The maximum atomic E-state index is 14.0. The van der Waals surface area contributed by atoms with E-state index >= 15 is 0 Å². The van der Waals surface area contributed by atoms with Crippen molar-refractivity contribution < 1.29 is 22.0 Å². The van der Waals surface area contributed by atoms with Gasteiger partial charge in [0.15, 0.2) is 0 Å². The summed E-state index contributed by atoms with van der Waals surface area (Å²) in [7, 11) is -4.11. The first-order valence-electron chi connectivity index (χ1n) is 9.11. The smallest absolute Gasteiger partial charge is 0.256 e. The Kier molecular flexibility index (Phi) is 4.87. The van der Waals surface area contributed by atoms with E-state index in [4.69, 9.17) is 0 Å². The standard InChI is InChI=1S/C20H19F2N3O3S/c1-13-19(15-4-2-3-5-17(15)23-13)20(26)24-8-10-25(11-9-24)29(27,28)18-7-6-14(21)12-16(18)22/h2-7,12,23H,8-11H2,1H3. The number of carbonyl (C=O) groups excluding carboxylic acids is 1. The molecule has 29 heavy (non-hydrogen) atoms. The fourth-order valence-electron chi connectivity index (χ4n) is 3.67. The highest BCUT2D eigenvalue weighted by Gasteiger charge is 2.33. The topological polar surface area (TPSA) is 73.5 Å². The number of piperazine rings is 1. The summed E-state index contributed by atoms with van der Waals surface area (Å²) in [6, 6.07) is 9.87. The molecule has 2 aromatic carbocycles. The lowest BCUT2D eigenvalue weighted by atomic mass is 10.1. The third kappa shape index (κ3) is 3.40. The second-order valence-electron chi connectivity index (χ2n) is 6.94. The molecule has 1 saturated heterocycles. The van der Waals surface area contributed by atoms with Crippen molar-refractivity contribution in [1.82, 2.24) is 14.2 Å². The Hall–Kier alpha value is -2.78. The van der Waals surface area contributed by atoms with Gasteiger partial charge in [-0.05, 0) is 25.1 Å². The highest BCUT2D eigenvalue weighted by molar-refractivity contribution is 7.89. The number of aromatic nitrogens is 1. The van der Waals surface area contributed by atoms with Gasteiger partial charge in [-0.2, -0.15) is 4.31 Å². The van der Waals surface area contributed by atoms with Crippen molar-refractivity contribution in [2.24, 2.45) is 0 Å². The van der Waals surface area contributed by atoms with Crippen LogP contribution in [0.2, 0.25) is 0 Å². The van der Waals surface area contributed by atoms with E-state index < -0.39 is 26.6 Å². The van der Waals surface area contributed by atoms with Crippen LogP contribution in [0.3, 0.4) is 0 Å². The minimum Gasteiger partial charge on any atom is -0.358 e. The summed E-state index contributed by atoms with van der Waals surface area (Å²) in [5.41, 5.74) is 2.18. The summed E-state index contributed by atoms with van der Waals surface area (Å²) in [5, 5.41) is 0.818. The lowest BCUT2D eigenvalue weighted by molar-refractivity contribution is 0.0699. The molecule has 3 aromatic rings. The van der Waals surface area contributed by atoms with Crippen LogP contribution >= 0.6 is 0 Å². The van der Waals surface area contributed by atoms with Crippen molar-refractivity contribution >= 4 is 26.8 Å². The SMILES string of the molecule is Cc1[nH]c2ccccc2c1C(=O)N1CCN(S(=O)(=O)c2ccc(F)cc2F)CC1. The van der Waals surface area contributed by atoms with E-state index in [2.05, 4.69) is 4.98 Å². The number of amides is 1. The number of hydrogen-bond acceptors (Lipinski definition) is 3. The van der Waals surface area contributed by atoms with E-state index in [1.54, 1.807) is 4.90 Å². The summed E-state index contributed by atoms with van der Waals surface area (Å²) in [6.07, 6.45) is 0. The first-order chi connectivity index (χ1) is 13.8. The Morgan fingerprint density at radius 2 is 1.72 bits per heavy atom. The van der Waals surface area contributed by atoms with Crippen LogP contribution in [0.15, 0.2) is 47.4 Å². The number of nitrogens with one attached hydrogen (secondary N) is 1. The first kappa shape index (κ1) is 19.5. The molecule has 0 atom stereocenters. The molecule has 1 aromatic heterocycles. The summed E-state index contributed by atoms with van der Waals surface area (Å²) >= 11 is 0. The zero-order valence-electron chi connectivity index (χ0n) is 15.7. The fraction of sp³-hybridized carbons (Fsp3) is 0.250. The van der Waals surface area contributed by atoms with Crippen LogP contribution in [-0.4, -0.2) is 54.7 Å². The van der Waals surface area contributed by atoms with Gasteiger partial charge in [0.05, 0.1) is 5.56 Å². The highest BCUT2D eigenvalue weighted by Crippen LogP contribution is 2.25. The quantitative estimate of drug-likeness (QED) is 0.710. The van der Waals surface area contributed by atoms with Crippen LogP contribution in [0, 0.1) is 18.6 Å². The Labute approximate surface area is 166 Å². The summed E-state index contributed by atoms with van der Waals surface area (Å²) in [4.78, 5) is 17.3. The number of sulfonamides is 1. The van der Waals surface area contributed by atoms with Crippen LogP contribution in [-0.2, 0) is 10.0 Å². The largest absolute Gasteiger partial charge is 0.358 e. The van der Waals surface area contributed by atoms with E-state index in [1.165, 1.54) is 0 Å². The molecular formula is C20H19F2N3O3S. The molecule has 1 amide bonds. The average molecular weight is 419 g/mol. The molecule has 6 nitrogen and oxygen atoms in total. The lowest BCUT2D eigenvalue weighted by Gasteiger charge is -2.34. The predicted molar refractivity (Wildman–Crippen MR) is 104 cm³/mol. The maximum absolute atomic E-state index is 14.0. The van der Waals surface area contributed by atoms with Crippen LogP contribution in [0.5, 0.6) is 0 Å². The van der Waals surface area contributed by atoms with Gasteiger partial charge in [-0.25, -0.2) is 17.2 Å². The number of carbonyl (C=O) groups is 1. The third-order valence-corrected chi connectivity index (χ3v) is 7.08. The fourth-order valence-corrected chi connectivity index (χ4v) is 5.13. The van der Waals surface area contributed by atoms with Crippen LogP contribution in [0.25, 0.3) is 10.9 Å². The molecule has 1 aliphatic rings. The van der Waals surface area contributed by atoms with Crippen molar-refractivity contribution in [3.8, 4) is 0 Å². The van der Waals surface area contributed by atoms with E-state index in [0.29, 0.717) is 11.6 Å². The van der Waals surface area contributed by atoms with Crippen LogP contribution < -0.4 is 0 Å². The van der Waals surface area contributed by atoms with Gasteiger partial charge < -0.3 is 9.88 Å². The molecule has 1 N–H and O–H groups in total. The zero-order chi connectivity index (χ0) is 20.8. The van der Waals surface area contributed by atoms with Gasteiger partial charge in [-0.1, -0.05) is 18.2 Å². The molecule has 0 unspecified atom stereocenters. The molecule has 1 aliphatic heterocycles. The number of fused-ring (bicyclic) bond motifs is 1. The van der Waals surface area contributed by atoms with Gasteiger partial charge in [-0.3, -0.25) is 4.79 Å². The minimum absolute atomic E-state index is 0.0340. The molecule has 0 spiro atoms. The second-order valence-corrected chi connectivity index (χ2v) is 8.85. The second kappa shape index (κ2) is 7.23. The van der Waals surface area contributed by atoms with Crippen molar-refractivity contribution in [2.45, 2.75) is 11.8 Å².